The average molecular weight is 850 g/mol. The molecular weight excluding hydrogens is 809 g/mol. The average Bonchev–Trinajstić information content (AvgIpc) is 3.49. The fourth-order valence-corrected chi connectivity index (χ4v) is 9.88. The zero-order valence-electron chi connectivity index (χ0n) is 31.8. The maximum Gasteiger partial charge on any atom is 0.370 e. The molecule has 304 valence electrons. The molecule has 0 unspecified atom stereocenters. The fourth-order valence-electron chi connectivity index (χ4n) is 7.74. The Balaban J connectivity index is 1.50. The number of nitrogens with zero attached hydrogens (tertiary/aromatic N) is 2. The summed E-state index contributed by atoms with van der Waals surface area (Å²) in [7, 11) is -4.54. The first kappa shape index (κ1) is 42.6. The van der Waals surface area contributed by atoms with Gasteiger partial charge in [0.25, 0.3) is 10.1 Å². The molecule has 2 aliphatic heterocycles. The highest BCUT2D eigenvalue weighted by molar-refractivity contribution is 8.03. The summed E-state index contributed by atoms with van der Waals surface area (Å²) in [5, 5.41) is 42.4. The molecule has 3 aliphatic rings. The summed E-state index contributed by atoms with van der Waals surface area (Å²) in [4.78, 5) is 39.8. The Hall–Kier alpha value is -5.01. The molecule has 3 aromatic carbocycles. The van der Waals surface area contributed by atoms with Gasteiger partial charge in [0.1, 0.15) is 6.54 Å². The van der Waals surface area contributed by atoms with Crippen LogP contribution in [-0.2, 0) is 39.9 Å². The highest BCUT2D eigenvalue weighted by Gasteiger charge is 2.46. The van der Waals surface area contributed by atoms with Crippen LogP contribution < -0.4 is 4.90 Å². The lowest BCUT2D eigenvalue weighted by Gasteiger charge is -2.26. The minimum atomic E-state index is -4.54. The SMILES string of the molecule is CC1(C)C(/C=C/C2=C(Sc3ccccc3C(=O)O)C(=C/C=C3/N(CC(=O)O)c4ccc(S(=O)(=O)O)cc4C3(C)C)/CCC2)=[N+](CC(=O)O)c2ccc(SOOO)cc21. The second-order valence-corrected chi connectivity index (χ2v) is 18.1. The van der Waals surface area contributed by atoms with Crippen molar-refractivity contribution in [1.82, 2.24) is 0 Å². The standard InChI is InChI=1S/C41H40N2O12S3/c1-40(2)29-20-26(57-55-54-50)14-16-31(29)42(22-36(44)45)34(40)18-12-24-8-7-9-25(38(24)56-33-11-6-5-10-28(33)39(48)49)13-19-35-41(3,4)30-21-27(58(51,52)53)15-17-32(30)43(35)23-37(46)47/h5-6,10-21H,7-9,22-23H2,1-4H3,(H4-,44,45,46,47,48,49,50,51,52,53)/p+1. The number of carboxylic acids is 3. The highest BCUT2D eigenvalue weighted by Crippen LogP contribution is 2.49. The summed E-state index contributed by atoms with van der Waals surface area (Å²) in [5.74, 6) is -3.24. The van der Waals surface area contributed by atoms with E-state index in [0.29, 0.717) is 57.4 Å². The zero-order valence-corrected chi connectivity index (χ0v) is 34.3. The molecule has 5 N–H and O–H groups in total. The van der Waals surface area contributed by atoms with E-state index in [1.54, 1.807) is 39.8 Å². The van der Waals surface area contributed by atoms with E-state index in [0.717, 1.165) is 33.7 Å². The molecule has 1 aliphatic carbocycles. The van der Waals surface area contributed by atoms with Crippen molar-refractivity contribution in [3.8, 4) is 0 Å². The third-order valence-corrected chi connectivity index (χ3v) is 13.2. The van der Waals surface area contributed by atoms with Gasteiger partial charge in [0.2, 0.25) is 12.2 Å². The van der Waals surface area contributed by atoms with Crippen molar-refractivity contribution in [2.24, 2.45) is 0 Å². The smallest absolute Gasteiger partial charge is 0.370 e. The number of thioether (sulfide) groups is 1. The Labute approximate surface area is 343 Å². The molecule has 17 heteroatoms. The number of aliphatic carboxylic acids is 2. The van der Waals surface area contributed by atoms with Crippen molar-refractivity contribution in [2.45, 2.75) is 72.5 Å². The predicted octanol–water partition coefficient (Wildman–Crippen LogP) is 8.00. The van der Waals surface area contributed by atoms with Gasteiger partial charge in [-0.15, -0.1) is 4.33 Å². The van der Waals surface area contributed by atoms with Gasteiger partial charge in [0.15, 0.2) is 5.71 Å². The van der Waals surface area contributed by atoms with Gasteiger partial charge < -0.3 is 20.2 Å². The van der Waals surface area contributed by atoms with E-state index in [9.17, 15) is 42.7 Å². The maximum atomic E-state index is 12.3. The molecule has 0 aromatic heterocycles. The van der Waals surface area contributed by atoms with E-state index in [1.165, 1.54) is 36.0 Å². The number of hydrogen-bond donors (Lipinski definition) is 5. The lowest BCUT2D eigenvalue weighted by Crippen LogP contribution is -2.30. The minimum Gasteiger partial charge on any atom is -0.480 e. The highest BCUT2D eigenvalue weighted by atomic mass is 32.2. The molecule has 58 heavy (non-hydrogen) atoms. The normalized spacial score (nSPS) is 18.7. The third-order valence-electron chi connectivity index (χ3n) is 10.5. The number of benzene rings is 3. The van der Waals surface area contributed by atoms with Crippen molar-refractivity contribution in [2.75, 3.05) is 18.0 Å². The number of anilines is 1. The first-order valence-corrected chi connectivity index (χ1v) is 20.9. The Morgan fingerprint density at radius 3 is 2.31 bits per heavy atom. The Morgan fingerprint density at radius 1 is 0.897 bits per heavy atom. The van der Waals surface area contributed by atoms with E-state index in [-0.39, 0.29) is 17.0 Å². The second kappa shape index (κ2) is 16.7. The van der Waals surface area contributed by atoms with Crippen LogP contribution >= 0.6 is 23.8 Å². The summed E-state index contributed by atoms with van der Waals surface area (Å²) in [5.41, 5.74) is 4.03. The van der Waals surface area contributed by atoms with Crippen LogP contribution in [0.15, 0.2) is 121 Å². The lowest BCUT2D eigenvalue weighted by molar-refractivity contribution is -0.432. The number of aromatic carboxylic acids is 1. The molecule has 0 bridgehead atoms. The number of rotatable bonds is 14. The van der Waals surface area contributed by atoms with Gasteiger partial charge in [-0.2, -0.15) is 13.0 Å². The van der Waals surface area contributed by atoms with E-state index in [1.807, 2.05) is 58.1 Å². The maximum absolute atomic E-state index is 12.3. The topological polar surface area (TPSA) is 211 Å². The molecule has 3 aromatic rings. The fraction of sp³-hybridized carbons (Fsp3) is 0.268. The van der Waals surface area contributed by atoms with Gasteiger partial charge in [0.05, 0.1) is 27.9 Å². The number of carboxylic acid groups (broad SMARTS) is 3. The molecule has 0 saturated carbocycles. The van der Waals surface area contributed by atoms with Crippen molar-refractivity contribution >= 4 is 68.9 Å². The first-order chi connectivity index (χ1) is 27.3. The van der Waals surface area contributed by atoms with Crippen LogP contribution in [0.25, 0.3) is 0 Å². The Kier molecular flexibility index (Phi) is 12.3. The largest absolute Gasteiger partial charge is 0.480 e. The number of allylic oxidation sites excluding steroid dienone is 7. The lowest BCUT2D eigenvalue weighted by atomic mass is 9.81. The molecular formula is C41H41N2O12S3+. The van der Waals surface area contributed by atoms with Crippen LogP contribution in [0.5, 0.6) is 0 Å². The van der Waals surface area contributed by atoms with E-state index >= 15 is 0 Å². The molecule has 0 atom stereocenters. The quantitative estimate of drug-likeness (QED) is 0.0342. The first-order valence-electron chi connectivity index (χ1n) is 17.9. The second-order valence-electron chi connectivity index (χ2n) is 14.8. The molecule has 0 radical (unpaired) electrons. The van der Waals surface area contributed by atoms with Crippen LogP contribution in [0, 0.1) is 0 Å². The van der Waals surface area contributed by atoms with Gasteiger partial charge in [-0.05, 0) is 98.4 Å². The van der Waals surface area contributed by atoms with Crippen LogP contribution in [0.4, 0.5) is 11.4 Å². The molecule has 6 rings (SSSR count). The van der Waals surface area contributed by atoms with Gasteiger partial charge in [-0.1, -0.05) is 54.9 Å². The monoisotopic (exact) mass is 849 g/mol. The summed E-state index contributed by atoms with van der Waals surface area (Å²) in [6, 6.07) is 16.1. The Morgan fingerprint density at radius 2 is 1.64 bits per heavy atom. The number of hydrogen-bond acceptors (Lipinski definition) is 11. The number of fused-ring (bicyclic) bond motifs is 2. The van der Waals surface area contributed by atoms with Crippen molar-refractivity contribution in [3.63, 3.8) is 0 Å². The van der Waals surface area contributed by atoms with Crippen molar-refractivity contribution in [1.29, 1.82) is 0 Å². The van der Waals surface area contributed by atoms with Crippen LogP contribution in [-0.4, -0.2) is 74.8 Å². The van der Waals surface area contributed by atoms with Crippen LogP contribution in [0.1, 0.15) is 68.4 Å². The minimum absolute atomic E-state index is 0.111. The summed E-state index contributed by atoms with van der Waals surface area (Å²) >= 11 is 2.09. The molecule has 2 heterocycles. The third kappa shape index (κ3) is 8.56. The van der Waals surface area contributed by atoms with Gasteiger partial charge in [-0.25, -0.2) is 14.8 Å². The molecule has 0 spiro atoms. The predicted molar refractivity (Wildman–Crippen MR) is 217 cm³/mol. The summed E-state index contributed by atoms with van der Waals surface area (Å²) in [6.45, 7) is 6.89. The van der Waals surface area contributed by atoms with E-state index in [4.69, 9.17) is 5.26 Å². The van der Waals surface area contributed by atoms with E-state index in [2.05, 4.69) is 9.37 Å². The Bertz CT molecular complexity index is 2480. The van der Waals surface area contributed by atoms with Crippen molar-refractivity contribution < 1.29 is 61.9 Å². The van der Waals surface area contributed by atoms with Crippen LogP contribution in [0.3, 0.4) is 0 Å². The summed E-state index contributed by atoms with van der Waals surface area (Å²) in [6.07, 6.45) is 9.44. The summed E-state index contributed by atoms with van der Waals surface area (Å²) < 4.78 is 40.3. The molecule has 14 nitrogen and oxygen atoms in total. The van der Waals surface area contributed by atoms with Gasteiger partial charge >= 0.3 is 17.9 Å². The van der Waals surface area contributed by atoms with E-state index < -0.39 is 45.4 Å². The van der Waals surface area contributed by atoms with Gasteiger partial charge in [0, 0.05) is 49.2 Å². The van der Waals surface area contributed by atoms with Gasteiger partial charge in [-0.3, -0.25) is 9.35 Å². The molecule has 0 saturated heterocycles. The molecule has 0 fully saturated rings. The zero-order chi connectivity index (χ0) is 42.2. The number of carbonyl (C=O) groups is 3. The van der Waals surface area contributed by atoms with Crippen LogP contribution in [0.2, 0.25) is 0 Å². The molecule has 0 amide bonds. The van der Waals surface area contributed by atoms with Crippen molar-refractivity contribution in [3.05, 3.63) is 123 Å².